The summed E-state index contributed by atoms with van der Waals surface area (Å²) in [6, 6.07) is 4.92. The molecule has 17 heavy (non-hydrogen) atoms. The minimum Gasteiger partial charge on any atom is -0.397 e. The van der Waals surface area contributed by atoms with E-state index in [1.165, 1.54) is 0 Å². The lowest BCUT2D eigenvalue weighted by Crippen LogP contribution is -2.12. The molecule has 94 valence electrons. The molecule has 0 bridgehead atoms. The number of carbonyl (C=O) groups is 1. The van der Waals surface area contributed by atoms with Gasteiger partial charge < -0.3 is 21.9 Å². The Morgan fingerprint density at radius 2 is 2.24 bits per heavy atom. The van der Waals surface area contributed by atoms with Crippen molar-refractivity contribution < 1.29 is 9.90 Å². The zero-order chi connectivity index (χ0) is 12.8. The van der Waals surface area contributed by atoms with Crippen molar-refractivity contribution in [3.8, 4) is 0 Å². The maximum Gasteiger partial charge on any atom is 0.248 e. The number of anilines is 2. The summed E-state index contributed by atoms with van der Waals surface area (Å²) in [5.41, 5.74) is 12.6. The summed E-state index contributed by atoms with van der Waals surface area (Å²) in [6.45, 7) is 2.49. The first-order valence-corrected chi connectivity index (χ1v) is 5.62. The molecule has 1 amide bonds. The molecule has 1 unspecified atom stereocenters. The largest absolute Gasteiger partial charge is 0.397 e. The Morgan fingerprint density at radius 1 is 1.53 bits per heavy atom. The predicted molar refractivity (Wildman–Crippen MR) is 68.8 cm³/mol. The lowest BCUT2D eigenvalue weighted by molar-refractivity contribution is 0.100. The zero-order valence-electron chi connectivity index (χ0n) is 9.94. The number of primary amides is 1. The van der Waals surface area contributed by atoms with E-state index in [-0.39, 0.29) is 6.10 Å². The van der Waals surface area contributed by atoms with Gasteiger partial charge in [-0.15, -0.1) is 0 Å². The summed E-state index contributed by atoms with van der Waals surface area (Å²) in [5.74, 6) is -0.489. The topological polar surface area (TPSA) is 101 Å². The molecule has 1 aromatic carbocycles. The summed E-state index contributed by atoms with van der Waals surface area (Å²) in [5, 5.41) is 12.2. The third-order valence-corrected chi connectivity index (χ3v) is 2.45. The van der Waals surface area contributed by atoms with Crippen molar-refractivity contribution in [1.82, 2.24) is 0 Å². The third-order valence-electron chi connectivity index (χ3n) is 2.45. The van der Waals surface area contributed by atoms with Crippen LogP contribution in [0.2, 0.25) is 0 Å². The number of carbonyl (C=O) groups excluding carboxylic acids is 1. The highest BCUT2D eigenvalue weighted by Crippen LogP contribution is 2.19. The maximum atomic E-state index is 10.9. The van der Waals surface area contributed by atoms with Gasteiger partial charge in [-0.3, -0.25) is 4.79 Å². The van der Waals surface area contributed by atoms with Gasteiger partial charge in [-0.2, -0.15) is 0 Å². The Bertz CT molecular complexity index is 391. The van der Waals surface area contributed by atoms with Crippen LogP contribution in [-0.2, 0) is 0 Å². The predicted octanol–water partition coefficient (Wildman–Crippen LogP) is 0.941. The fraction of sp³-hybridized carbons (Fsp3) is 0.417. The van der Waals surface area contributed by atoms with Crippen molar-refractivity contribution in [1.29, 1.82) is 0 Å². The molecule has 0 aromatic heterocycles. The van der Waals surface area contributed by atoms with E-state index in [0.717, 1.165) is 25.1 Å². The van der Waals surface area contributed by atoms with Gasteiger partial charge in [0.15, 0.2) is 0 Å². The van der Waals surface area contributed by atoms with Gasteiger partial charge in [-0.05, 0) is 38.0 Å². The Labute approximate surface area is 101 Å². The molecule has 0 aliphatic rings. The summed E-state index contributed by atoms with van der Waals surface area (Å²) in [7, 11) is 0. The number of hydrogen-bond donors (Lipinski definition) is 4. The quantitative estimate of drug-likeness (QED) is 0.437. The van der Waals surface area contributed by atoms with E-state index in [2.05, 4.69) is 5.32 Å². The molecular weight excluding hydrogens is 218 g/mol. The monoisotopic (exact) mass is 237 g/mol. The number of nitrogens with two attached hydrogens (primary N) is 2. The van der Waals surface area contributed by atoms with E-state index in [4.69, 9.17) is 16.6 Å². The molecule has 0 saturated carbocycles. The van der Waals surface area contributed by atoms with E-state index in [9.17, 15) is 4.79 Å². The average Bonchev–Trinajstić information content (AvgIpc) is 2.25. The lowest BCUT2D eigenvalue weighted by Gasteiger charge is -2.10. The van der Waals surface area contributed by atoms with Crippen LogP contribution in [0.4, 0.5) is 11.4 Å². The number of nitrogens with one attached hydrogen (secondary N) is 1. The summed E-state index contributed by atoms with van der Waals surface area (Å²) in [4.78, 5) is 10.9. The Morgan fingerprint density at radius 3 is 2.76 bits per heavy atom. The van der Waals surface area contributed by atoms with Gasteiger partial charge in [0.2, 0.25) is 5.91 Å². The molecular formula is C12H19N3O2. The van der Waals surface area contributed by atoms with Gasteiger partial charge in [-0.25, -0.2) is 0 Å². The van der Waals surface area contributed by atoms with Crippen LogP contribution in [0.1, 0.15) is 30.1 Å². The lowest BCUT2D eigenvalue weighted by atomic mass is 10.1. The smallest absolute Gasteiger partial charge is 0.248 e. The molecule has 0 saturated heterocycles. The average molecular weight is 237 g/mol. The van der Waals surface area contributed by atoms with Crippen LogP contribution < -0.4 is 16.8 Å². The van der Waals surface area contributed by atoms with Crippen molar-refractivity contribution in [2.45, 2.75) is 25.9 Å². The molecule has 0 radical (unpaired) electrons. The highest BCUT2D eigenvalue weighted by atomic mass is 16.3. The Hall–Kier alpha value is -1.75. The molecule has 5 nitrogen and oxygen atoms in total. The molecule has 6 N–H and O–H groups in total. The maximum absolute atomic E-state index is 10.9. The SMILES string of the molecule is CC(O)CCCNc1ccc(C(N)=O)cc1N. The fourth-order valence-electron chi connectivity index (χ4n) is 1.50. The van der Waals surface area contributed by atoms with Crippen molar-refractivity contribution in [3.63, 3.8) is 0 Å². The number of hydrogen-bond acceptors (Lipinski definition) is 4. The van der Waals surface area contributed by atoms with Crippen LogP contribution in [0.3, 0.4) is 0 Å². The van der Waals surface area contributed by atoms with Gasteiger partial charge in [-0.1, -0.05) is 0 Å². The first-order chi connectivity index (χ1) is 8.00. The molecule has 0 aliphatic carbocycles. The van der Waals surface area contributed by atoms with Gasteiger partial charge >= 0.3 is 0 Å². The minimum atomic E-state index is -0.489. The standard InChI is InChI=1S/C12H19N3O2/c1-8(16)3-2-6-15-11-5-4-9(12(14)17)7-10(11)13/h4-5,7-8,15-16H,2-3,6,13H2,1H3,(H2,14,17). The van der Waals surface area contributed by atoms with Gasteiger partial charge in [0.05, 0.1) is 17.5 Å². The highest BCUT2D eigenvalue weighted by Gasteiger charge is 2.04. The number of aliphatic hydroxyl groups excluding tert-OH is 1. The van der Waals surface area contributed by atoms with Crippen molar-refractivity contribution in [3.05, 3.63) is 23.8 Å². The molecule has 5 heteroatoms. The molecule has 0 aliphatic heterocycles. The number of aliphatic hydroxyl groups is 1. The van der Waals surface area contributed by atoms with Gasteiger partial charge in [0, 0.05) is 12.1 Å². The summed E-state index contributed by atoms with van der Waals surface area (Å²) < 4.78 is 0. The van der Waals surface area contributed by atoms with E-state index < -0.39 is 5.91 Å². The number of rotatable bonds is 6. The molecule has 0 heterocycles. The van der Waals surface area contributed by atoms with E-state index in [1.807, 2.05) is 0 Å². The third kappa shape index (κ3) is 4.32. The Kier molecular flexibility index (Phi) is 4.78. The van der Waals surface area contributed by atoms with Crippen molar-refractivity contribution in [2.75, 3.05) is 17.6 Å². The second-order valence-corrected chi connectivity index (χ2v) is 4.08. The second kappa shape index (κ2) is 6.10. The molecule has 1 rings (SSSR count). The number of nitrogen functional groups attached to an aromatic ring is 1. The van der Waals surface area contributed by atoms with Crippen LogP contribution in [-0.4, -0.2) is 23.7 Å². The van der Waals surface area contributed by atoms with E-state index in [0.29, 0.717) is 11.3 Å². The van der Waals surface area contributed by atoms with Crippen LogP contribution >= 0.6 is 0 Å². The molecule has 0 fully saturated rings. The Balaban J connectivity index is 2.52. The van der Waals surface area contributed by atoms with Gasteiger partial charge in [0.25, 0.3) is 0 Å². The fourth-order valence-corrected chi connectivity index (χ4v) is 1.50. The minimum absolute atomic E-state index is 0.286. The number of amides is 1. The van der Waals surface area contributed by atoms with Crippen molar-refractivity contribution >= 4 is 17.3 Å². The van der Waals surface area contributed by atoms with Crippen LogP contribution in [0, 0.1) is 0 Å². The number of benzene rings is 1. The zero-order valence-corrected chi connectivity index (χ0v) is 9.94. The first kappa shape index (κ1) is 13.3. The summed E-state index contributed by atoms with van der Waals surface area (Å²) >= 11 is 0. The molecule has 1 aromatic rings. The van der Waals surface area contributed by atoms with Gasteiger partial charge in [0.1, 0.15) is 0 Å². The summed E-state index contributed by atoms with van der Waals surface area (Å²) in [6.07, 6.45) is 1.31. The second-order valence-electron chi connectivity index (χ2n) is 4.08. The van der Waals surface area contributed by atoms with E-state index in [1.54, 1.807) is 25.1 Å². The van der Waals surface area contributed by atoms with Crippen LogP contribution in [0.25, 0.3) is 0 Å². The highest BCUT2D eigenvalue weighted by molar-refractivity contribution is 5.94. The molecule has 0 spiro atoms. The van der Waals surface area contributed by atoms with Crippen LogP contribution in [0.5, 0.6) is 0 Å². The molecule has 1 atom stereocenters. The van der Waals surface area contributed by atoms with Crippen LogP contribution in [0.15, 0.2) is 18.2 Å². The van der Waals surface area contributed by atoms with Crippen molar-refractivity contribution in [2.24, 2.45) is 5.73 Å². The first-order valence-electron chi connectivity index (χ1n) is 5.62. The van der Waals surface area contributed by atoms with E-state index >= 15 is 0 Å². The normalized spacial score (nSPS) is 12.1.